The molecule has 9 heteroatoms. The highest BCUT2D eigenvalue weighted by atomic mass is 32.2. The molecular formula is C21H30N2O4S3. The average molecular weight is 471 g/mol. The summed E-state index contributed by atoms with van der Waals surface area (Å²) in [6.07, 6.45) is 5.58. The van der Waals surface area contributed by atoms with Crippen LogP contribution in [0.15, 0.2) is 51.6 Å². The highest BCUT2D eigenvalue weighted by molar-refractivity contribution is 7.89. The minimum absolute atomic E-state index is 0.0265. The first-order chi connectivity index (χ1) is 14.2. The Balaban J connectivity index is 1.88. The van der Waals surface area contributed by atoms with Crippen LogP contribution in [0.3, 0.4) is 0 Å². The highest BCUT2D eigenvalue weighted by Crippen LogP contribution is 2.30. The number of nitrogens with one attached hydrogen (secondary N) is 1. The molecule has 166 valence electrons. The standard InChI is InChI=1S/C21H30N2O4S3/c1-3-17(2)22-29(24,25)20-11-13-21(14-12-20)30(26,27)23(16-19-10-7-15-28-19)18-8-5-4-6-9-18/h7,10-15,17-18,22H,3-6,8-9,16H2,1-2H3/t17-/m0/s1. The van der Waals surface area contributed by atoms with E-state index in [9.17, 15) is 16.8 Å². The minimum atomic E-state index is -3.74. The summed E-state index contributed by atoms with van der Waals surface area (Å²) < 4.78 is 56.2. The van der Waals surface area contributed by atoms with E-state index >= 15 is 0 Å². The van der Waals surface area contributed by atoms with E-state index in [1.54, 1.807) is 22.6 Å². The maximum absolute atomic E-state index is 13.5. The van der Waals surface area contributed by atoms with E-state index in [0.29, 0.717) is 13.0 Å². The second kappa shape index (κ2) is 9.91. The maximum Gasteiger partial charge on any atom is 0.243 e. The van der Waals surface area contributed by atoms with Gasteiger partial charge in [-0.3, -0.25) is 0 Å². The van der Waals surface area contributed by atoms with Gasteiger partial charge in [0.2, 0.25) is 20.0 Å². The number of nitrogens with zero attached hydrogens (tertiary/aromatic N) is 1. The van der Waals surface area contributed by atoms with Gasteiger partial charge in [0, 0.05) is 23.5 Å². The molecular weight excluding hydrogens is 440 g/mol. The van der Waals surface area contributed by atoms with Crippen molar-refractivity contribution in [2.75, 3.05) is 0 Å². The molecule has 1 aromatic heterocycles. The van der Waals surface area contributed by atoms with Crippen molar-refractivity contribution in [1.29, 1.82) is 0 Å². The van der Waals surface area contributed by atoms with Crippen LogP contribution in [0.4, 0.5) is 0 Å². The molecule has 1 atom stereocenters. The summed E-state index contributed by atoms with van der Waals surface area (Å²) in [5.74, 6) is 0. The van der Waals surface area contributed by atoms with E-state index in [1.807, 2.05) is 24.4 Å². The third-order valence-corrected chi connectivity index (χ3v) is 9.96. The van der Waals surface area contributed by atoms with Gasteiger partial charge in [0.15, 0.2) is 0 Å². The molecule has 2 aromatic rings. The predicted molar refractivity (Wildman–Crippen MR) is 120 cm³/mol. The van der Waals surface area contributed by atoms with E-state index in [2.05, 4.69) is 4.72 Å². The van der Waals surface area contributed by atoms with Gasteiger partial charge in [-0.2, -0.15) is 4.31 Å². The van der Waals surface area contributed by atoms with Gasteiger partial charge < -0.3 is 0 Å². The number of rotatable bonds is 9. The molecule has 3 rings (SSSR count). The second-order valence-corrected chi connectivity index (χ2v) is 12.5. The lowest BCUT2D eigenvalue weighted by Crippen LogP contribution is -2.40. The first-order valence-electron chi connectivity index (χ1n) is 10.4. The molecule has 0 aliphatic heterocycles. The van der Waals surface area contributed by atoms with Crippen LogP contribution in [0.5, 0.6) is 0 Å². The lowest BCUT2D eigenvalue weighted by molar-refractivity contribution is 0.249. The SMILES string of the molecule is CC[C@H](C)NS(=O)(=O)c1ccc(S(=O)(=O)N(Cc2cccs2)C2CCCCC2)cc1. The van der Waals surface area contributed by atoms with Gasteiger partial charge in [-0.1, -0.05) is 32.3 Å². The molecule has 0 spiro atoms. The first-order valence-corrected chi connectivity index (χ1v) is 14.2. The summed E-state index contributed by atoms with van der Waals surface area (Å²) in [7, 11) is -7.41. The third-order valence-electron chi connectivity index (χ3n) is 5.58. The van der Waals surface area contributed by atoms with Crippen LogP contribution in [-0.4, -0.2) is 33.2 Å². The second-order valence-electron chi connectivity index (χ2n) is 7.82. The van der Waals surface area contributed by atoms with Gasteiger partial charge in [-0.05, 0) is 61.9 Å². The van der Waals surface area contributed by atoms with Gasteiger partial charge in [0.05, 0.1) is 9.79 Å². The van der Waals surface area contributed by atoms with Gasteiger partial charge >= 0.3 is 0 Å². The fourth-order valence-electron chi connectivity index (χ4n) is 3.68. The molecule has 6 nitrogen and oxygen atoms in total. The van der Waals surface area contributed by atoms with E-state index in [1.165, 1.54) is 24.3 Å². The van der Waals surface area contributed by atoms with Gasteiger partial charge in [-0.15, -0.1) is 11.3 Å². The lowest BCUT2D eigenvalue weighted by atomic mass is 9.95. The van der Waals surface area contributed by atoms with Crippen LogP contribution < -0.4 is 4.72 Å². The first kappa shape index (κ1) is 23.4. The van der Waals surface area contributed by atoms with Crippen LogP contribution in [0.2, 0.25) is 0 Å². The molecule has 1 aromatic carbocycles. The maximum atomic E-state index is 13.5. The lowest BCUT2D eigenvalue weighted by Gasteiger charge is -2.33. The number of benzene rings is 1. The number of hydrogen-bond acceptors (Lipinski definition) is 5. The Morgan fingerprint density at radius 1 is 1.03 bits per heavy atom. The summed E-state index contributed by atoms with van der Waals surface area (Å²) in [6, 6.07) is 9.23. The van der Waals surface area contributed by atoms with Crippen molar-refractivity contribution >= 4 is 31.4 Å². The normalized spacial score (nSPS) is 17.3. The monoisotopic (exact) mass is 470 g/mol. The topological polar surface area (TPSA) is 83.5 Å². The molecule has 1 fully saturated rings. The molecule has 30 heavy (non-hydrogen) atoms. The number of sulfonamides is 2. The molecule has 0 saturated heterocycles. The van der Waals surface area contributed by atoms with E-state index in [0.717, 1.165) is 37.0 Å². The molecule has 1 aliphatic carbocycles. The van der Waals surface area contributed by atoms with Crippen molar-refractivity contribution in [3.05, 3.63) is 46.7 Å². The molecule has 0 unspecified atom stereocenters. The van der Waals surface area contributed by atoms with Gasteiger partial charge in [0.25, 0.3) is 0 Å². The summed E-state index contributed by atoms with van der Waals surface area (Å²) in [6.45, 7) is 4.04. The van der Waals surface area contributed by atoms with Crippen LogP contribution in [0, 0.1) is 0 Å². The zero-order valence-electron chi connectivity index (χ0n) is 17.5. The van der Waals surface area contributed by atoms with Gasteiger partial charge in [0.1, 0.15) is 0 Å². The average Bonchev–Trinajstić information content (AvgIpc) is 3.25. The molecule has 0 radical (unpaired) electrons. The van der Waals surface area contributed by atoms with Crippen molar-refractivity contribution in [3.63, 3.8) is 0 Å². The van der Waals surface area contributed by atoms with Crippen LogP contribution in [0.1, 0.15) is 57.2 Å². The Morgan fingerprint density at radius 3 is 2.23 bits per heavy atom. The Bertz CT molecular complexity index is 1010. The zero-order valence-corrected chi connectivity index (χ0v) is 19.9. The number of hydrogen-bond donors (Lipinski definition) is 1. The highest BCUT2D eigenvalue weighted by Gasteiger charge is 2.33. The largest absolute Gasteiger partial charge is 0.243 e. The summed E-state index contributed by atoms with van der Waals surface area (Å²) in [5, 5.41) is 1.95. The molecule has 0 bridgehead atoms. The van der Waals surface area contributed by atoms with Crippen molar-refractivity contribution in [1.82, 2.24) is 9.03 Å². The van der Waals surface area contributed by atoms with E-state index in [-0.39, 0.29) is 21.9 Å². The fourth-order valence-corrected chi connectivity index (χ4v) is 7.45. The van der Waals surface area contributed by atoms with Gasteiger partial charge in [-0.25, -0.2) is 21.6 Å². The molecule has 1 aliphatic rings. The predicted octanol–water partition coefficient (Wildman–Crippen LogP) is 4.35. The smallest absolute Gasteiger partial charge is 0.208 e. The van der Waals surface area contributed by atoms with E-state index < -0.39 is 20.0 Å². The fraction of sp³-hybridized carbons (Fsp3) is 0.524. The third kappa shape index (κ3) is 5.50. The Morgan fingerprint density at radius 2 is 1.67 bits per heavy atom. The summed E-state index contributed by atoms with van der Waals surface area (Å²) in [4.78, 5) is 1.21. The van der Waals surface area contributed by atoms with Crippen molar-refractivity contribution in [2.45, 2.75) is 80.8 Å². The van der Waals surface area contributed by atoms with Crippen molar-refractivity contribution in [2.24, 2.45) is 0 Å². The molecule has 1 saturated carbocycles. The van der Waals surface area contributed by atoms with Crippen molar-refractivity contribution in [3.8, 4) is 0 Å². The van der Waals surface area contributed by atoms with Crippen LogP contribution >= 0.6 is 11.3 Å². The number of thiophene rings is 1. The van der Waals surface area contributed by atoms with Crippen LogP contribution in [-0.2, 0) is 26.6 Å². The Kier molecular flexibility index (Phi) is 7.73. The Hall–Kier alpha value is -1.26. The molecule has 1 heterocycles. The Labute approximate surface area is 184 Å². The molecule has 1 N–H and O–H groups in total. The molecule has 0 amide bonds. The summed E-state index contributed by atoms with van der Waals surface area (Å²) in [5.41, 5.74) is 0. The minimum Gasteiger partial charge on any atom is -0.208 e. The van der Waals surface area contributed by atoms with Crippen LogP contribution in [0.25, 0.3) is 0 Å². The van der Waals surface area contributed by atoms with E-state index in [4.69, 9.17) is 0 Å². The quantitative estimate of drug-likeness (QED) is 0.591. The van der Waals surface area contributed by atoms with Crippen molar-refractivity contribution < 1.29 is 16.8 Å². The zero-order chi connectivity index (χ0) is 21.8. The summed E-state index contributed by atoms with van der Waals surface area (Å²) >= 11 is 1.55.